The van der Waals surface area contributed by atoms with Gasteiger partial charge in [-0.1, -0.05) is 25.4 Å². The summed E-state index contributed by atoms with van der Waals surface area (Å²) in [4.78, 5) is 15.1. The van der Waals surface area contributed by atoms with E-state index in [4.69, 9.17) is 17.3 Å². The summed E-state index contributed by atoms with van der Waals surface area (Å²) in [5.41, 5.74) is 9.92. The normalized spacial score (nSPS) is 19.9. The quantitative estimate of drug-likeness (QED) is 0.882. The number of nitrogens with two attached hydrogens (primary N) is 1. The van der Waals surface area contributed by atoms with Crippen molar-refractivity contribution in [3.63, 3.8) is 0 Å². The van der Waals surface area contributed by atoms with Crippen LogP contribution >= 0.6 is 11.6 Å². The molecule has 1 aromatic heterocycles. The van der Waals surface area contributed by atoms with E-state index in [1.54, 1.807) is 0 Å². The van der Waals surface area contributed by atoms with Gasteiger partial charge in [0.1, 0.15) is 0 Å². The Hall–Kier alpha value is -1.78. The Morgan fingerprint density at radius 3 is 2.48 bits per heavy atom. The maximum absolute atomic E-state index is 13.1. The molecule has 1 aromatic carbocycles. The van der Waals surface area contributed by atoms with Crippen molar-refractivity contribution < 1.29 is 4.79 Å². The minimum Gasteiger partial charge on any atom is -0.338 e. The molecule has 4 nitrogen and oxygen atoms in total. The van der Waals surface area contributed by atoms with Crippen LogP contribution in [0.5, 0.6) is 0 Å². The molecule has 1 unspecified atom stereocenters. The number of carbonyl (C=O) groups excluding carboxylic acids is 1. The van der Waals surface area contributed by atoms with Crippen LogP contribution in [0.2, 0.25) is 5.02 Å². The predicted octanol–water partition coefficient (Wildman–Crippen LogP) is 3.95. The number of carbonyl (C=O) groups is 1. The molecule has 25 heavy (non-hydrogen) atoms. The summed E-state index contributed by atoms with van der Waals surface area (Å²) in [7, 11) is 0. The van der Waals surface area contributed by atoms with Crippen LogP contribution in [0.15, 0.2) is 30.3 Å². The molecule has 1 saturated heterocycles. The van der Waals surface area contributed by atoms with E-state index in [0.717, 1.165) is 29.1 Å². The molecule has 134 valence electrons. The molecule has 0 radical (unpaired) electrons. The van der Waals surface area contributed by atoms with Crippen LogP contribution in [-0.2, 0) is 0 Å². The van der Waals surface area contributed by atoms with E-state index >= 15 is 0 Å². The lowest BCUT2D eigenvalue weighted by Crippen LogP contribution is -2.54. The van der Waals surface area contributed by atoms with Crippen LogP contribution in [-0.4, -0.2) is 34.5 Å². The van der Waals surface area contributed by atoms with Crippen molar-refractivity contribution in [2.24, 2.45) is 11.1 Å². The highest BCUT2D eigenvalue weighted by molar-refractivity contribution is 6.30. The zero-order valence-corrected chi connectivity index (χ0v) is 16.1. The summed E-state index contributed by atoms with van der Waals surface area (Å²) < 4.78 is 2.10. The van der Waals surface area contributed by atoms with E-state index in [2.05, 4.69) is 18.4 Å². The zero-order valence-electron chi connectivity index (χ0n) is 15.3. The average Bonchev–Trinajstić information content (AvgIpc) is 2.85. The molecule has 0 aliphatic carbocycles. The van der Waals surface area contributed by atoms with Crippen LogP contribution in [0, 0.1) is 19.3 Å². The zero-order chi connectivity index (χ0) is 18.4. The maximum Gasteiger partial charge on any atom is 0.255 e. The number of benzene rings is 1. The Bertz CT molecular complexity index is 792. The number of hydrogen-bond donors (Lipinski definition) is 1. The molecule has 2 N–H and O–H groups in total. The van der Waals surface area contributed by atoms with Gasteiger partial charge in [0.2, 0.25) is 0 Å². The number of aryl methyl sites for hydroxylation is 1. The first-order chi connectivity index (χ1) is 11.7. The van der Waals surface area contributed by atoms with Crippen LogP contribution in [0.1, 0.15) is 42.0 Å². The molecule has 5 heteroatoms. The van der Waals surface area contributed by atoms with Crippen molar-refractivity contribution in [3.05, 3.63) is 52.3 Å². The number of amides is 1. The highest BCUT2D eigenvalue weighted by Gasteiger charge is 2.36. The van der Waals surface area contributed by atoms with Crippen molar-refractivity contribution in [3.8, 4) is 5.69 Å². The first-order valence-corrected chi connectivity index (χ1v) is 9.08. The standard InChI is InChI=1S/C20H26ClN3O/c1-13-11-17(14(2)24(13)16-7-5-15(21)6-8-16)19(25)23-10-9-18(22)20(3,4)12-23/h5-8,11,18H,9-10,12,22H2,1-4H3. The lowest BCUT2D eigenvalue weighted by molar-refractivity contribution is 0.0532. The Kier molecular flexibility index (Phi) is 4.69. The average molecular weight is 360 g/mol. The largest absolute Gasteiger partial charge is 0.338 e. The number of hydrogen-bond acceptors (Lipinski definition) is 2. The SMILES string of the molecule is Cc1cc(C(=O)N2CCC(N)C(C)(C)C2)c(C)n1-c1ccc(Cl)cc1. The number of aromatic nitrogens is 1. The second-order valence-electron chi connectivity index (χ2n) is 7.71. The van der Waals surface area contributed by atoms with Crippen LogP contribution in [0.25, 0.3) is 5.69 Å². The van der Waals surface area contributed by atoms with E-state index in [1.165, 1.54) is 0 Å². The van der Waals surface area contributed by atoms with Crippen molar-refractivity contribution in [1.82, 2.24) is 9.47 Å². The van der Waals surface area contributed by atoms with Gasteiger partial charge in [-0.05, 0) is 56.0 Å². The first kappa shape index (κ1) is 18.0. The van der Waals surface area contributed by atoms with Crippen molar-refractivity contribution in [2.45, 2.75) is 40.2 Å². The van der Waals surface area contributed by atoms with Gasteiger partial charge in [-0.15, -0.1) is 0 Å². The van der Waals surface area contributed by atoms with Gasteiger partial charge in [-0.25, -0.2) is 0 Å². The number of rotatable bonds is 2. The Labute approximate surface area is 154 Å². The third kappa shape index (κ3) is 3.33. The molecule has 1 aliphatic rings. The summed E-state index contributed by atoms with van der Waals surface area (Å²) in [6.45, 7) is 9.69. The molecule has 1 fully saturated rings. The molecule has 1 aliphatic heterocycles. The van der Waals surface area contributed by atoms with E-state index in [0.29, 0.717) is 18.1 Å². The fourth-order valence-corrected chi connectivity index (χ4v) is 3.81. The van der Waals surface area contributed by atoms with Gasteiger partial charge in [0, 0.05) is 41.2 Å². The summed E-state index contributed by atoms with van der Waals surface area (Å²) in [5, 5.41) is 0.703. The van der Waals surface area contributed by atoms with Crippen molar-refractivity contribution >= 4 is 17.5 Å². The minimum absolute atomic E-state index is 0.0599. The van der Waals surface area contributed by atoms with Gasteiger partial charge in [0.25, 0.3) is 5.91 Å². The van der Waals surface area contributed by atoms with Gasteiger partial charge in [-0.3, -0.25) is 4.79 Å². The van der Waals surface area contributed by atoms with Crippen molar-refractivity contribution in [2.75, 3.05) is 13.1 Å². The van der Waals surface area contributed by atoms with Gasteiger partial charge in [0.05, 0.1) is 5.56 Å². The van der Waals surface area contributed by atoms with Crippen LogP contribution in [0.4, 0.5) is 0 Å². The second kappa shape index (κ2) is 6.50. The summed E-state index contributed by atoms with van der Waals surface area (Å²) in [6.07, 6.45) is 0.842. The Balaban J connectivity index is 1.92. The molecule has 0 bridgehead atoms. The molecule has 2 aromatic rings. The predicted molar refractivity (Wildman–Crippen MR) is 103 cm³/mol. The Morgan fingerprint density at radius 1 is 1.24 bits per heavy atom. The summed E-state index contributed by atoms with van der Waals surface area (Å²) >= 11 is 5.99. The monoisotopic (exact) mass is 359 g/mol. The molecule has 0 saturated carbocycles. The molecule has 0 spiro atoms. The highest BCUT2D eigenvalue weighted by Crippen LogP contribution is 2.30. The lowest BCUT2D eigenvalue weighted by Gasteiger charge is -2.42. The van der Waals surface area contributed by atoms with Gasteiger partial charge >= 0.3 is 0 Å². The van der Waals surface area contributed by atoms with Crippen LogP contribution in [0.3, 0.4) is 0 Å². The maximum atomic E-state index is 13.1. The molecule has 1 atom stereocenters. The third-order valence-electron chi connectivity index (χ3n) is 5.35. The second-order valence-corrected chi connectivity index (χ2v) is 8.14. The number of nitrogens with zero attached hydrogens (tertiary/aromatic N) is 2. The fourth-order valence-electron chi connectivity index (χ4n) is 3.68. The van der Waals surface area contributed by atoms with E-state index in [9.17, 15) is 4.79 Å². The van der Waals surface area contributed by atoms with E-state index in [-0.39, 0.29) is 17.4 Å². The fraction of sp³-hybridized carbons (Fsp3) is 0.450. The van der Waals surface area contributed by atoms with Gasteiger partial charge in [0.15, 0.2) is 0 Å². The van der Waals surface area contributed by atoms with Crippen LogP contribution < -0.4 is 5.73 Å². The molecular weight excluding hydrogens is 334 g/mol. The number of halogens is 1. The smallest absolute Gasteiger partial charge is 0.255 e. The minimum atomic E-state index is -0.0599. The molecule has 2 heterocycles. The topological polar surface area (TPSA) is 51.3 Å². The Morgan fingerprint density at radius 2 is 1.88 bits per heavy atom. The van der Waals surface area contributed by atoms with Crippen molar-refractivity contribution in [1.29, 1.82) is 0 Å². The lowest BCUT2D eigenvalue weighted by atomic mass is 9.79. The summed E-state index contributed by atoms with van der Waals surface area (Å²) in [5.74, 6) is 0.0910. The number of piperidine rings is 1. The molecular formula is C20H26ClN3O. The number of likely N-dealkylation sites (tertiary alicyclic amines) is 1. The van der Waals surface area contributed by atoms with Gasteiger partial charge < -0.3 is 15.2 Å². The molecule has 3 rings (SSSR count). The third-order valence-corrected chi connectivity index (χ3v) is 5.60. The summed E-state index contributed by atoms with van der Waals surface area (Å²) in [6, 6.07) is 9.79. The first-order valence-electron chi connectivity index (χ1n) is 8.70. The van der Waals surface area contributed by atoms with E-state index < -0.39 is 0 Å². The molecule has 1 amide bonds. The van der Waals surface area contributed by atoms with Gasteiger partial charge in [-0.2, -0.15) is 0 Å². The van der Waals surface area contributed by atoms with E-state index in [1.807, 2.05) is 49.1 Å². The highest BCUT2D eigenvalue weighted by atomic mass is 35.5.